The third-order valence-corrected chi connectivity index (χ3v) is 8.74. The number of anilines is 4. The summed E-state index contributed by atoms with van der Waals surface area (Å²) in [6.07, 6.45) is 1.97. The van der Waals surface area contributed by atoms with E-state index in [1.165, 1.54) is 12.3 Å². The number of alkyl halides is 1. The number of likely N-dealkylation sites (N-methyl/N-ethyl adjacent to an activating group) is 1. The fraction of sp³-hybridized carbons (Fsp3) is 0.552. The fourth-order valence-corrected chi connectivity index (χ4v) is 6.25. The topological polar surface area (TPSA) is 104 Å². The van der Waals surface area contributed by atoms with Gasteiger partial charge in [0, 0.05) is 51.0 Å². The molecule has 4 aliphatic rings. The van der Waals surface area contributed by atoms with Crippen LogP contribution in [0.4, 0.5) is 27.4 Å². The van der Waals surface area contributed by atoms with E-state index < -0.39 is 24.5 Å². The molecule has 0 saturated carbocycles. The number of carbonyl (C=O) groups excluding carboxylic acids is 1. The molecule has 4 saturated heterocycles. The van der Waals surface area contributed by atoms with Gasteiger partial charge in [-0.05, 0) is 44.2 Å². The molecule has 1 aromatic carbocycles. The lowest BCUT2D eigenvalue weighted by Crippen LogP contribution is -2.52. The van der Waals surface area contributed by atoms with E-state index >= 15 is 0 Å². The van der Waals surface area contributed by atoms with Gasteiger partial charge in [0.15, 0.2) is 12.3 Å². The van der Waals surface area contributed by atoms with Crippen molar-refractivity contribution in [3.63, 3.8) is 0 Å². The monoisotopic (exact) mass is 601 g/mol. The first-order valence-corrected chi connectivity index (χ1v) is 14.8. The molecule has 11 nitrogen and oxygen atoms in total. The van der Waals surface area contributed by atoms with Crippen molar-refractivity contribution in [2.45, 2.75) is 43.4 Å². The highest BCUT2D eigenvalue weighted by molar-refractivity contribution is 6.31. The largest absolute Gasteiger partial charge is 0.468 e. The molecule has 4 fully saturated rings. The van der Waals surface area contributed by atoms with Crippen LogP contribution in [0.1, 0.15) is 12.8 Å². The first kappa shape index (κ1) is 29.1. The van der Waals surface area contributed by atoms with Crippen LogP contribution in [0.25, 0.3) is 0 Å². The highest BCUT2D eigenvalue weighted by Crippen LogP contribution is 2.35. The molecule has 226 valence electrons. The van der Waals surface area contributed by atoms with Gasteiger partial charge in [0.05, 0.1) is 30.8 Å². The van der Waals surface area contributed by atoms with Crippen LogP contribution >= 0.6 is 11.6 Å². The standard InChI is InChI=1S/C29H37ClFN7O4/c1-3-25(39)34-22-14-18(4-5-23(22)38-8-6-19(7-9-38)37-12-10-36(2)11-13-37)33-29-32-15-20(30)28(35-29)42-24-17-41-26-21(31)16-40-27(24)26/h3-5,14-15,19,21,24,26-27H,1,6-13,16-17H2,2H3,(H,34,39)(H,32,33,35)/t21-,24+,26+,27+/m0/s1. The Bertz CT molecular complexity index is 1290. The van der Waals surface area contributed by atoms with Gasteiger partial charge in [0.2, 0.25) is 17.7 Å². The minimum Gasteiger partial charge on any atom is -0.468 e. The average molecular weight is 602 g/mol. The number of fused-ring (bicyclic) bond motifs is 1. The Morgan fingerprint density at radius 2 is 1.90 bits per heavy atom. The molecule has 0 aliphatic carbocycles. The Morgan fingerprint density at radius 3 is 2.67 bits per heavy atom. The van der Waals surface area contributed by atoms with Crippen molar-refractivity contribution >= 4 is 40.5 Å². The van der Waals surface area contributed by atoms with Crippen LogP contribution in [0.5, 0.6) is 5.88 Å². The summed E-state index contributed by atoms with van der Waals surface area (Å²) in [5.74, 6) is 0.109. The SMILES string of the molecule is C=CC(=O)Nc1cc(Nc2ncc(Cl)c(O[C@@H]3CO[C@H]4[C@@H]3OC[C@@H]4F)n2)ccc1N1CCC(N2CCN(C)CC2)CC1. The molecule has 5 heterocycles. The number of nitrogens with one attached hydrogen (secondary N) is 2. The molecule has 0 radical (unpaired) electrons. The number of hydrogen-bond donors (Lipinski definition) is 2. The van der Waals surface area contributed by atoms with Gasteiger partial charge in [-0.3, -0.25) is 9.69 Å². The summed E-state index contributed by atoms with van der Waals surface area (Å²) in [7, 11) is 2.18. The second kappa shape index (κ2) is 12.7. The summed E-state index contributed by atoms with van der Waals surface area (Å²) in [4.78, 5) is 28.4. The number of rotatable bonds is 8. The zero-order chi connectivity index (χ0) is 29.2. The molecular formula is C29H37ClFN7O4. The third-order valence-electron chi connectivity index (χ3n) is 8.48. The van der Waals surface area contributed by atoms with Crippen molar-refractivity contribution in [3.05, 3.63) is 42.1 Å². The molecule has 4 aliphatic heterocycles. The summed E-state index contributed by atoms with van der Waals surface area (Å²) in [5.41, 5.74) is 2.29. The van der Waals surface area contributed by atoms with Gasteiger partial charge in [0.25, 0.3) is 0 Å². The van der Waals surface area contributed by atoms with E-state index in [1.807, 2.05) is 18.2 Å². The molecule has 2 N–H and O–H groups in total. The molecule has 42 heavy (non-hydrogen) atoms. The van der Waals surface area contributed by atoms with Crippen molar-refractivity contribution < 1.29 is 23.4 Å². The van der Waals surface area contributed by atoms with E-state index in [9.17, 15) is 9.18 Å². The number of halogens is 2. The molecule has 0 unspecified atom stereocenters. The second-order valence-corrected chi connectivity index (χ2v) is 11.6. The summed E-state index contributed by atoms with van der Waals surface area (Å²) in [5, 5.41) is 6.35. The van der Waals surface area contributed by atoms with E-state index in [2.05, 4.69) is 48.9 Å². The lowest BCUT2D eigenvalue weighted by atomic mass is 10.0. The van der Waals surface area contributed by atoms with Crippen LogP contribution in [0.3, 0.4) is 0 Å². The summed E-state index contributed by atoms with van der Waals surface area (Å²) in [6.45, 7) is 10.0. The van der Waals surface area contributed by atoms with Gasteiger partial charge in [-0.1, -0.05) is 18.2 Å². The quantitative estimate of drug-likeness (QED) is 0.439. The molecule has 1 aromatic heterocycles. The van der Waals surface area contributed by atoms with Crippen molar-refractivity contribution in [1.82, 2.24) is 19.8 Å². The number of ether oxygens (including phenoxy) is 3. The molecule has 1 amide bonds. The Kier molecular flexibility index (Phi) is 8.77. The van der Waals surface area contributed by atoms with E-state index in [4.69, 9.17) is 25.8 Å². The van der Waals surface area contributed by atoms with Crippen LogP contribution in [0.15, 0.2) is 37.1 Å². The minimum atomic E-state index is -1.18. The maximum Gasteiger partial charge on any atom is 0.247 e. The van der Waals surface area contributed by atoms with Gasteiger partial charge >= 0.3 is 0 Å². The molecule has 6 rings (SSSR count). The lowest BCUT2D eigenvalue weighted by molar-refractivity contribution is -0.111. The first-order valence-electron chi connectivity index (χ1n) is 14.5. The van der Waals surface area contributed by atoms with E-state index in [-0.39, 0.29) is 36.0 Å². The maximum absolute atomic E-state index is 14.0. The molecular weight excluding hydrogens is 565 g/mol. The average Bonchev–Trinajstić information content (AvgIpc) is 3.58. The van der Waals surface area contributed by atoms with Gasteiger partial charge < -0.3 is 34.6 Å². The van der Waals surface area contributed by atoms with Crippen molar-refractivity contribution in [2.75, 3.05) is 75.1 Å². The number of amides is 1. The predicted molar refractivity (Wildman–Crippen MR) is 159 cm³/mol. The Balaban J connectivity index is 1.14. The fourth-order valence-electron chi connectivity index (χ4n) is 6.12. The third kappa shape index (κ3) is 6.32. The van der Waals surface area contributed by atoms with Gasteiger partial charge in [0.1, 0.15) is 17.2 Å². The Hall–Kier alpha value is -3.03. The van der Waals surface area contributed by atoms with Crippen molar-refractivity contribution in [3.8, 4) is 5.88 Å². The highest BCUT2D eigenvalue weighted by atomic mass is 35.5. The second-order valence-electron chi connectivity index (χ2n) is 11.2. The van der Waals surface area contributed by atoms with Gasteiger partial charge in [-0.25, -0.2) is 9.37 Å². The lowest BCUT2D eigenvalue weighted by Gasteiger charge is -2.43. The van der Waals surface area contributed by atoms with Crippen LogP contribution in [0.2, 0.25) is 5.02 Å². The van der Waals surface area contributed by atoms with Crippen molar-refractivity contribution in [1.29, 1.82) is 0 Å². The molecule has 0 spiro atoms. The number of piperazine rings is 1. The zero-order valence-electron chi connectivity index (χ0n) is 23.7. The highest BCUT2D eigenvalue weighted by Gasteiger charge is 2.49. The normalized spacial score (nSPS) is 27.1. The summed E-state index contributed by atoms with van der Waals surface area (Å²) < 4.78 is 31.0. The van der Waals surface area contributed by atoms with Crippen molar-refractivity contribution in [2.24, 2.45) is 0 Å². The van der Waals surface area contributed by atoms with E-state index in [0.717, 1.165) is 57.8 Å². The molecule has 4 atom stereocenters. The Labute approximate surface area is 249 Å². The first-order chi connectivity index (χ1) is 20.4. The molecule has 13 heteroatoms. The number of nitrogens with zero attached hydrogens (tertiary/aromatic N) is 5. The zero-order valence-corrected chi connectivity index (χ0v) is 24.4. The predicted octanol–water partition coefficient (Wildman–Crippen LogP) is 3.10. The number of carbonyl (C=O) groups is 1. The number of benzene rings is 1. The Morgan fingerprint density at radius 1 is 1.14 bits per heavy atom. The number of aromatic nitrogens is 2. The summed E-state index contributed by atoms with van der Waals surface area (Å²) in [6, 6.07) is 6.35. The van der Waals surface area contributed by atoms with Crippen LogP contribution in [-0.4, -0.2) is 116 Å². The van der Waals surface area contributed by atoms with E-state index in [0.29, 0.717) is 17.4 Å². The van der Waals surface area contributed by atoms with E-state index in [1.54, 1.807) is 0 Å². The van der Waals surface area contributed by atoms with Gasteiger partial charge in [-0.2, -0.15) is 4.98 Å². The maximum atomic E-state index is 14.0. The molecule has 2 aromatic rings. The van der Waals surface area contributed by atoms with Crippen LogP contribution < -0.4 is 20.3 Å². The summed E-state index contributed by atoms with van der Waals surface area (Å²) >= 11 is 6.32. The minimum absolute atomic E-state index is 0.0193. The van der Waals surface area contributed by atoms with Gasteiger partial charge in [-0.15, -0.1) is 0 Å². The van der Waals surface area contributed by atoms with Crippen LogP contribution in [-0.2, 0) is 14.3 Å². The van der Waals surface area contributed by atoms with Crippen LogP contribution in [0, 0.1) is 0 Å². The number of hydrogen-bond acceptors (Lipinski definition) is 10. The molecule has 0 bridgehead atoms. The number of piperidine rings is 1. The smallest absolute Gasteiger partial charge is 0.247 e.